The second-order valence-corrected chi connectivity index (χ2v) is 5.57. The minimum Gasteiger partial charge on any atom is -0.394 e. The number of ether oxygens (including phenoxy) is 1. The van der Waals surface area contributed by atoms with Gasteiger partial charge in [-0.05, 0) is 6.42 Å². The summed E-state index contributed by atoms with van der Waals surface area (Å²) in [6.45, 7) is 1.50. The van der Waals surface area contributed by atoms with Gasteiger partial charge in [0.25, 0.3) is 0 Å². The van der Waals surface area contributed by atoms with E-state index in [0.717, 1.165) is 19.3 Å². The second-order valence-electron chi connectivity index (χ2n) is 5.57. The Morgan fingerprint density at radius 1 is 1.20 bits per heavy atom. The van der Waals surface area contributed by atoms with Crippen molar-refractivity contribution in [3.63, 3.8) is 0 Å². The monoisotopic (exact) mass is 293 g/mol. The first kappa shape index (κ1) is 17.8. The predicted molar refractivity (Wildman–Crippen MR) is 71.7 cm³/mol. The number of unbranched alkanes of at least 4 members (excludes halogenated alkanes) is 2. The second kappa shape index (κ2) is 7.65. The van der Waals surface area contributed by atoms with Crippen LogP contribution in [0, 0.1) is 0 Å². The molecule has 0 amide bonds. The summed E-state index contributed by atoms with van der Waals surface area (Å²) in [5.41, 5.74) is 5.90. The molecule has 120 valence electrons. The van der Waals surface area contributed by atoms with Crippen molar-refractivity contribution in [2.24, 2.45) is 5.73 Å². The van der Waals surface area contributed by atoms with E-state index in [1.165, 1.54) is 0 Å². The summed E-state index contributed by atoms with van der Waals surface area (Å²) in [5, 5.41) is 48.6. The minimum atomic E-state index is -2.06. The topological polar surface area (TPSA) is 136 Å². The highest BCUT2D eigenvalue weighted by Gasteiger charge is 2.52. The molecular weight excluding hydrogens is 266 g/mol. The van der Waals surface area contributed by atoms with Crippen LogP contribution in [0.1, 0.15) is 39.0 Å². The predicted octanol–water partition coefficient (Wildman–Crippen LogP) is -1.55. The van der Waals surface area contributed by atoms with E-state index in [2.05, 4.69) is 6.92 Å². The van der Waals surface area contributed by atoms with E-state index in [-0.39, 0.29) is 6.42 Å². The number of hydrogen-bond acceptors (Lipinski definition) is 7. The van der Waals surface area contributed by atoms with Crippen LogP contribution in [-0.4, -0.2) is 68.4 Å². The Balaban J connectivity index is 2.64. The highest BCUT2D eigenvalue weighted by molar-refractivity contribution is 4.97. The lowest BCUT2D eigenvalue weighted by Crippen LogP contribution is -2.66. The SMILES string of the molecule is CCCCCC(N)C[C@]1(O)O[C@H](CO)[C@@H](O)[C@H](O)[C@@H]1O. The van der Waals surface area contributed by atoms with Gasteiger partial charge in [0.15, 0.2) is 5.79 Å². The van der Waals surface area contributed by atoms with Gasteiger partial charge in [-0.15, -0.1) is 0 Å². The van der Waals surface area contributed by atoms with Crippen LogP contribution in [0.2, 0.25) is 0 Å². The van der Waals surface area contributed by atoms with Gasteiger partial charge in [0, 0.05) is 12.5 Å². The first-order valence-corrected chi connectivity index (χ1v) is 7.16. The Morgan fingerprint density at radius 3 is 2.40 bits per heavy atom. The van der Waals surface area contributed by atoms with E-state index in [9.17, 15) is 20.4 Å². The van der Waals surface area contributed by atoms with Gasteiger partial charge in [-0.25, -0.2) is 0 Å². The first-order chi connectivity index (χ1) is 9.35. The molecule has 1 saturated heterocycles. The number of aliphatic hydroxyl groups is 5. The Labute approximate surface area is 119 Å². The van der Waals surface area contributed by atoms with Gasteiger partial charge in [-0.3, -0.25) is 0 Å². The maximum absolute atomic E-state index is 10.3. The molecule has 0 radical (unpaired) electrons. The van der Waals surface area contributed by atoms with Crippen LogP contribution in [0.15, 0.2) is 0 Å². The maximum Gasteiger partial charge on any atom is 0.196 e. The molecule has 0 bridgehead atoms. The molecule has 7 nitrogen and oxygen atoms in total. The highest BCUT2D eigenvalue weighted by atomic mass is 16.7. The van der Waals surface area contributed by atoms with Gasteiger partial charge in [0.05, 0.1) is 6.61 Å². The van der Waals surface area contributed by atoms with Crippen molar-refractivity contribution in [1.29, 1.82) is 0 Å². The molecular formula is C13H27NO6. The fourth-order valence-corrected chi connectivity index (χ4v) is 2.52. The average Bonchev–Trinajstić information content (AvgIpc) is 2.41. The van der Waals surface area contributed by atoms with Crippen LogP contribution in [0.4, 0.5) is 0 Å². The smallest absolute Gasteiger partial charge is 0.196 e. The van der Waals surface area contributed by atoms with Crippen LogP contribution < -0.4 is 5.73 Å². The van der Waals surface area contributed by atoms with E-state index < -0.39 is 42.9 Å². The van der Waals surface area contributed by atoms with Crippen LogP contribution >= 0.6 is 0 Å². The third-order valence-corrected chi connectivity index (χ3v) is 3.79. The van der Waals surface area contributed by atoms with Gasteiger partial charge >= 0.3 is 0 Å². The van der Waals surface area contributed by atoms with Gasteiger partial charge in [0.1, 0.15) is 24.4 Å². The van der Waals surface area contributed by atoms with Crippen LogP contribution in [0.25, 0.3) is 0 Å². The summed E-state index contributed by atoms with van der Waals surface area (Å²) < 4.78 is 5.16. The summed E-state index contributed by atoms with van der Waals surface area (Å²) in [5.74, 6) is -2.06. The molecule has 1 rings (SSSR count). The van der Waals surface area contributed by atoms with Crippen molar-refractivity contribution < 1.29 is 30.3 Å². The molecule has 0 aromatic heterocycles. The van der Waals surface area contributed by atoms with Gasteiger partial charge in [0.2, 0.25) is 0 Å². The zero-order valence-corrected chi connectivity index (χ0v) is 11.9. The van der Waals surface area contributed by atoms with Crippen molar-refractivity contribution in [3.8, 4) is 0 Å². The number of aliphatic hydroxyl groups excluding tert-OH is 4. The lowest BCUT2D eigenvalue weighted by Gasteiger charge is -2.46. The molecule has 1 aliphatic rings. The molecule has 7 heteroatoms. The summed E-state index contributed by atoms with van der Waals surface area (Å²) in [7, 11) is 0. The fraction of sp³-hybridized carbons (Fsp3) is 1.00. The van der Waals surface area contributed by atoms with Crippen molar-refractivity contribution in [2.75, 3.05) is 6.61 Å². The maximum atomic E-state index is 10.3. The molecule has 1 heterocycles. The fourth-order valence-electron chi connectivity index (χ4n) is 2.52. The molecule has 0 aromatic rings. The Morgan fingerprint density at radius 2 is 1.85 bits per heavy atom. The molecule has 0 aliphatic carbocycles. The van der Waals surface area contributed by atoms with E-state index >= 15 is 0 Å². The molecule has 1 unspecified atom stereocenters. The normalized spacial score (nSPS) is 39.8. The number of hydrogen-bond donors (Lipinski definition) is 6. The molecule has 6 atom stereocenters. The van der Waals surface area contributed by atoms with Gasteiger partial charge in [-0.1, -0.05) is 26.2 Å². The Bertz CT molecular complexity index is 290. The Kier molecular flexibility index (Phi) is 6.80. The molecule has 1 fully saturated rings. The largest absolute Gasteiger partial charge is 0.394 e. The number of rotatable bonds is 7. The molecule has 1 aliphatic heterocycles. The summed E-state index contributed by atoms with van der Waals surface area (Å²) >= 11 is 0. The Hall–Kier alpha value is -0.280. The van der Waals surface area contributed by atoms with Crippen LogP contribution in [-0.2, 0) is 4.74 Å². The third-order valence-electron chi connectivity index (χ3n) is 3.79. The summed E-state index contributed by atoms with van der Waals surface area (Å²) in [4.78, 5) is 0. The van der Waals surface area contributed by atoms with E-state index in [0.29, 0.717) is 6.42 Å². The number of nitrogens with two attached hydrogens (primary N) is 1. The highest BCUT2D eigenvalue weighted by Crippen LogP contribution is 2.32. The summed E-state index contributed by atoms with van der Waals surface area (Å²) in [6.07, 6.45) is -2.30. The van der Waals surface area contributed by atoms with Crippen molar-refractivity contribution in [3.05, 3.63) is 0 Å². The lowest BCUT2D eigenvalue weighted by atomic mass is 9.88. The zero-order valence-electron chi connectivity index (χ0n) is 11.9. The summed E-state index contributed by atoms with van der Waals surface area (Å²) in [6, 6.07) is -0.400. The first-order valence-electron chi connectivity index (χ1n) is 7.16. The lowest BCUT2D eigenvalue weighted by molar-refractivity contribution is -0.352. The van der Waals surface area contributed by atoms with Crippen LogP contribution in [0.5, 0.6) is 0 Å². The van der Waals surface area contributed by atoms with Gasteiger partial charge < -0.3 is 36.0 Å². The van der Waals surface area contributed by atoms with Gasteiger partial charge in [-0.2, -0.15) is 0 Å². The van der Waals surface area contributed by atoms with Crippen LogP contribution in [0.3, 0.4) is 0 Å². The molecule has 0 saturated carbocycles. The van der Waals surface area contributed by atoms with E-state index in [1.54, 1.807) is 0 Å². The van der Waals surface area contributed by atoms with Crippen molar-refractivity contribution >= 4 is 0 Å². The zero-order chi connectivity index (χ0) is 15.3. The molecule has 7 N–H and O–H groups in total. The average molecular weight is 293 g/mol. The third kappa shape index (κ3) is 4.11. The van der Waals surface area contributed by atoms with E-state index in [4.69, 9.17) is 15.6 Å². The molecule has 0 aromatic carbocycles. The minimum absolute atomic E-state index is 0.0713. The van der Waals surface area contributed by atoms with Crippen molar-refractivity contribution in [2.45, 2.75) is 75.3 Å². The standard InChI is InChI=1S/C13H27NO6/c1-2-3-4-5-8(14)6-13(19)12(18)11(17)10(16)9(7-15)20-13/h8-12,15-19H,2-7,14H2,1H3/t8?,9-,10-,11+,12+,13+/m1/s1. The quantitative estimate of drug-likeness (QED) is 0.313. The molecule has 0 spiro atoms. The van der Waals surface area contributed by atoms with E-state index in [1.807, 2.05) is 0 Å². The molecule has 20 heavy (non-hydrogen) atoms. The van der Waals surface area contributed by atoms with Crippen molar-refractivity contribution in [1.82, 2.24) is 0 Å².